The lowest BCUT2D eigenvalue weighted by atomic mass is 10.3. The Hall–Kier alpha value is -0.630. The Balaban J connectivity index is 2.41. The van der Waals surface area contributed by atoms with E-state index < -0.39 is 16.1 Å². The molecule has 0 spiro atoms. The van der Waals surface area contributed by atoms with E-state index in [2.05, 4.69) is 15.9 Å². The molecule has 94 valence electrons. The SMILES string of the molecule is Nc1ccc(Br)cc1S(=O)(=O)N1CC[C@@H](O)C1. The van der Waals surface area contributed by atoms with Crippen molar-refractivity contribution in [1.29, 1.82) is 0 Å². The van der Waals surface area contributed by atoms with Crippen LogP contribution in [0.15, 0.2) is 27.6 Å². The molecule has 1 aromatic rings. The quantitative estimate of drug-likeness (QED) is 0.789. The van der Waals surface area contributed by atoms with Crippen LogP contribution in [0.25, 0.3) is 0 Å². The highest BCUT2D eigenvalue weighted by atomic mass is 79.9. The van der Waals surface area contributed by atoms with Gasteiger partial charge in [-0.2, -0.15) is 4.31 Å². The molecule has 0 aromatic heterocycles. The number of halogens is 1. The monoisotopic (exact) mass is 320 g/mol. The Morgan fingerprint density at radius 2 is 2.18 bits per heavy atom. The summed E-state index contributed by atoms with van der Waals surface area (Å²) in [7, 11) is -3.61. The molecule has 1 aliphatic rings. The fourth-order valence-electron chi connectivity index (χ4n) is 1.80. The Labute approximate surface area is 108 Å². The third kappa shape index (κ3) is 2.47. The van der Waals surface area contributed by atoms with Gasteiger partial charge in [-0.15, -0.1) is 0 Å². The van der Waals surface area contributed by atoms with Gasteiger partial charge in [0.15, 0.2) is 0 Å². The van der Waals surface area contributed by atoms with Crippen LogP contribution in [0.2, 0.25) is 0 Å². The minimum absolute atomic E-state index is 0.0842. The predicted molar refractivity (Wildman–Crippen MR) is 67.9 cm³/mol. The number of hydrogen-bond acceptors (Lipinski definition) is 4. The molecule has 3 N–H and O–H groups in total. The summed E-state index contributed by atoms with van der Waals surface area (Å²) in [5, 5.41) is 9.39. The van der Waals surface area contributed by atoms with E-state index in [1.54, 1.807) is 12.1 Å². The summed E-state index contributed by atoms with van der Waals surface area (Å²) >= 11 is 3.22. The average Bonchev–Trinajstić information content (AvgIpc) is 2.69. The van der Waals surface area contributed by atoms with Gasteiger partial charge in [-0.25, -0.2) is 8.42 Å². The molecular formula is C10H13BrN2O3S. The zero-order valence-electron chi connectivity index (χ0n) is 9.01. The number of nitrogen functional groups attached to an aromatic ring is 1. The van der Waals surface area contributed by atoms with Crippen LogP contribution < -0.4 is 5.73 Å². The molecular weight excluding hydrogens is 308 g/mol. The maximum absolute atomic E-state index is 12.3. The summed E-state index contributed by atoms with van der Waals surface area (Å²) in [6.45, 7) is 0.462. The van der Waals surface area contributed by atoms with Gasteiger partial charge in [-0.05, 0) is 24.6 Å². The lowest BCUT2D eigenvalue weighted by molar-refractivity contribution is 0.189. The number of hydrogen-bond donors (Lipinski definition) is 2. The van der Waals surface area contributed by atoms with Crippen LogP contribution >= 0.6 is 15.9 Å². The third-order valence-corrected chi connectivity index (χ3v) is 5.13. The summed E-state index contributed by atoms with van der Waals surface area (Å²) in [6.07, 6.45) is -0.120. The maximum atomic E-state index is 12.3. The number of benzene rings is 1. The molecule has 0 saturated carbocycles. The Kier molecular flexibility index (Phi) is 3.44. The van der Waals surface area contributed by atoms with Crippen LogP contribution in [0.1, 0.15) is 6.42 Å². The van der Waals surface area contributed by atoms with E-state index in [0.29, 0.717) is 17.4 Å². The second kappa shape index (κ2) is 4.56. The molecule has 7 heteroatoms. The highest BCUT2D eigenvalue weighted by molar-refractivity contribution is 9.10. The molecule has 5 nitrogen and oxygen atoms in total. The van der Waals surface area contributed by atoms with Crippen molar-refractivity contribution >= 4 is 31.6 Å². The van der Waals surface area contributed by atoms with Gasteiger partial charge in [-0.1, -0.05) is 15.9 Å². The van der Waals surface area contributed by atoms with Gasteiger partial charge in [0, 0.05) is 17.6 Å². The summed E-state index contributed by atoms with van der Waals surface area (Å²) in [5.74, 6) is 0. The first kappa shape index (κ1) is 12.8. The summed E-state index contributed by atoms with van der Waals surface area (Å²) < 4.78 is 26.5. The fourth-order valence-corrected chi connectivity index (χ4v) is 3.95. The van der Waals surface area contributed by atoms with E-state index in [0.717, 1.165) is 0 Å². The first-order valence-corrected chi connectivity index (χ1v) is 7.38. The number of aliphatic hydroxyl groups excluding tert-OH is 1. The topological polar surface area (TPSA) is 83.6 Å². The van der Waals surface area contributed by atoms with Gasteiger partial charge in [0.1, 0.15) is 4.90 Å². The van der Waals surface area contributed by atoms with Crippen molar-refractivity contribution in [2.45, 2.75) is 17.4 Å². The molecule has 17 heavy (non-hydrogen) atoms. The molecule has 0 amide bonds. The molecule has 1 saturated heterocycles. The van der Waals surface area contributed by atoms with Crippen molar-refractivity contribution in [3.8, 4) is 0 Å². The summed E-state index contributed by atoms with van der Waals surface area (Å²) in [6, 6.07) is 4.71. The van der Waals surface area contributed by atoms with Crippen molar-refractivity contribution in [1.82, 2.24) is 4.31 Å². The van der Waals surface area contributed by atoms with E-state index in [1.807, 2.05) is 0 Å². The summed E-state index contributed by atoms with van der Waals surface area (Å²) in [5.41, 5.74) is 5.91. The van der Waals surface area contributed by atoms with Crippen molar-refractivity contribution < 1.29 is 13.5 Å². The lowest BCUT2D eigenvalue weighted by Crippen LogP contribution is -2.30. The highest BCUT2D eigenvalue weighted by Gasteiger charge is 2.32. The van der Waals surface area contributed by atoms with E-state index >= 15 is 0 Å². The van der Waals surface area contributed by atoms with E-state index in [-0.39, 0.29) is 17.1 Å². The number of anilines is 1. The second-order valence-electron chi connectivity index (χ2n) is 3.99. The van der Waals surface area contributed by atoms with Crippen molar-refractivity contribution in [3.05, 3.63) is 22.7 Å². The maximum Gasteiger partial charge on any atom is 0.245 e. The van der Waals surface area contributed by atoms with Crippen molar-refractivity contribution in [2.24, 2.45) is 0 Å². The number of β-amino-alcohol motifs (C(OH)–C–C–N with tert-alkyl or cyclic N) is 1. The van der Waals surface area contributed by atoms with Gasteiger partial charge in [-0.3, -0.25) is 0 Å². The van der Waals surface area contributed by atoms with Crippen LogP contribution in [0.4, 0.5) is 5.69 Å². The van der Waals surface area contributed by atoms with Gasteiger partial charge in [0.05, 0.1) is 11.8 Å². The normalized spacial score (nSPS) is 21.9. The molecule has 2 rings (SSSR count). The average molecular weight is 321 g/mol. The molecule has 1 heterocycles. The number of rotatable bonds is 2. The Morgan fingerprint density at radius 3 is 2.76 bits per heavy atom. The van der Waals surface area contributed by atoms with Crippen LogP contribution in [0.3, 0.4) is 0 Å². The van der Waals surface area contributed by atoms with Gasteiger partial charge in [0.2, 0.25) is 10.0 Å². The zero-order chi connectivity index (χ0) is 12.6. The second-order valence-corrected chi connectivity index (χ2v) is 6.81. The smallest absolute Gasteiger partial charge is 0.245 e. The predicted octanol–water partition coefficient (Wildman–Crippen LogP) is 0.787. The minimum Gasteiger partial charge on any atom is -0.398 e. The van der Waals surface area contributed by atoms with Gasteiger partial charge in [0.25, 0.3) is 0 Å². The number of aliphatic hydroxyl groups is 1. The largest absolute Gasteiger partial charge is 0.398 e. The highest BCUT2D eigenvalue weighted by Crippen LogP contribution is 2.28. The molecule has 1 fully saturated rings. The van der Waals surface area contributed by atoms with Crippen LogP contribution in [-0.4, -0.2) is 37.0 Å². The van der Waals surface area contributed by atoms with E-state index in [1.165, 1.54) is 10.4 Å². The molecule has 0 radical (unpaired) electrons. The number of nitrogens with two attached hydrogens (primary N) is 1. The van der Waals surface area contributed by atoms with E-state index in [4.69, 9.17) is 5.73 Å². The minimum atomic E-state index is -3.61. The van der Waals surface area contributed by atoms with Crippen LogP contribution in [-0.2, 0) is 10.0 Å². The Bertz CT molecular complexity index is 532. The molecule has 1 aromatic carbocycles. The standard InChI is InChI=1S/C10H13BrN2O3S/c11-7-1-2-9(12)10(5-7)17(15,16)13-4-3-8(14)6-13/h1-2,5,8,14H,3-4,6,12H2/t8-/m1/s1. The van der Waals surface area contributed by atoms with E-state index in [9.17, 15) is 13.5 Å². The lowest BCUT2D eigenvalue weighted by Gasteiger charge is -2.17. The third-order valence-electron chi connectivity index (χ3n) is 2.72. The van der Waals surface area contributed by atoms with Crippen LogP contribution in [0, 0.1) is 0 Å². The fraction of sp³-hybridized carbons (Fsp3) is 0.400. The van der Waals surface area contributed by atoms with Crippen LogP contribution in [0.5, 0.6) is 0 Å². The van der Waals surface area contributed by atoms with Crippen molar-refractivity contribution in [3.63, 3.8) is 0 Å². The first-order valence-electron chi connectivity index (χ1n) is 5.14. The molecule has 1 atom stereocenters. The first-order chi connectivity index (χ1) is 7.91. The Morgan fingerprint density at radius 1 is 1.47 bits per heavy atom. The number of sulfonamides is 1. The number of nitrogens with zero attached hydrogens (tertiary/aromatic N) is 1. The summed E-state index contributed by atoms with van der Waals surface area (Å²) in [4.78, 5) is 0.0842. The zero-order valence-corrected chi connectivity index (χ0v) is 11.4. The van der Waals surface area contributed by atoms with Gasteiger partial charge < -0.3 is 10.8 Å². The molecule has 0 bridgehead atoms. The van der Waals surface area contributed by atoms with Crippen molar-refractivity contribution in [2.75, 3.05) is 18.8 Å². The van der Waals surface area contributed by atoms with Gasteiger partial charge >= 0.3 is 0 Å². The molecule has 0 unspecified atom stereocenters. The molecule has 1 aliphatic heterocycles. The molecule has 0 aliphatic carbocycles.